The molecule has 0 amide bonds. The van der Waals surface area contributed by atoms with Crippen molar-refractivity contribution < 1.29 is 14.3 Å². The van der Waals surface area contributed by atoms with E-state index in [1.54, 1.807) is 0 Å². The molecular weight excluding hydrogens is 396 g/mol. The van der Waals surface area contributed by atoms with Crippen LogP contribution in [0.15, 0.2) is 103 Å². The molecule has 0 saturated carbocycles. The van der Waals surface area contributed by atoms with Gasteiger partial charge in [0.05, 0.1) is 13.0 Å². The molecule has 4 aromatic rings. The molecule has 0 spiro atoms. The minimum atomic E-state index is -0.226. The summed E-state index contributed by atoms with van der Waals surface area (Å²) in [6.45, 7) is 2.70. The minimum absolute atomic E-state index is 0.221. The fourth-order valence-corrected chi connectivity index (χ4v) is 3.69. The van der Waals surface area contributed by atoms with Crippen molar-refractivity contribution in [2.45, 2.75) is 20.0 Å². The van der Waals surface area contributed by atoms with Gasteiger partial charge in [-0.25, -0.2) is 0 Å². The van der Waals surface area contributed by atoms with Crippen molar-refractivity contribution in [1.29, 1.82) is 0 Å². The van der Waals surface area contributed by atoms with Gasteiger partial charge in [0.2, 0.25) is 0 Å². The molecular formula is C29H26O3. The van der Waals surface area contributed by atoms with Crippen molar-refractivity contribution >= 4 is 5.97 Å². The smallest absolute Gasteiger partial charge is 0.310 e. The molecule has 0 aromatic heterocycles. The normalized spacial score (nSPS) is 10.5. The first-order valence-corrected chi connectivity index (χ1v) is 10.8. The van der Waals surface area contributed by atoms with Gasteiger partial charge in [-0.05, 0) is 58.5 Å². The van der Waals surface area contributed by atoms with Gasteiger partial charge in [-0.1, -0.05) is 84.9 Å². The maximum Gasteiger partial charge on any atom is 0.310 e. The Kier molecular flexibility index (Phi) is 6.98. The van der Waals surface area contributed by atoms with E-state index in [0.717, 1.165) is 39.1 Å². The molecule has 32 heavy (non-hydrogen) atoms. The summed E-state index contributed by atoms with van der Waals surface area (Å²) in [4.78, 5) is 12.3. The molecule has 0 fully saturated rings. The second kappa shape index (κ2) is 10.5. The Bertz CT molecular complexity index is 1170. The molecule has 0 bridgehead atoms. The summed E-state index contributed by atoms with van der Waals surface area (Å²) in [6, 6.07) is 34.5. The van der Waals surface area contributed by atoms with Crippen LogP contribution in [0.1, 0.15) is 18.1 Å². The van der Waals surface area contributed by atoms with E-state index in [2.05, 4.69) is 30.3 Å². The summed E-state index contributed by atoms with van der Waals surface area (Å²) in [6.07, 6.45) is 0.221. The third-order valence-corrected chi connectivity index (χ3v) is 5.25. The van der Waals surface area contributed by atoms with E-state index >= 15 is 0 Å². The SMILES string of the molecule is CCOC(=O)Cc1cc(-c2ccccc2)ccc1-c1cccc(OCc2ccccc2)c1. The van der Waals surface area contributed by atoms with Crippen LogP contribution in [0, 0.1) is 0 Å². The van der Waals surface area contributed by atoms with Crippen LogP contribution in [0.25, 0.3) is 22.3 Å². The lowest BCUT2D eigenvalue weighted by Gasteiger charge is -2.14. The first-order valence-electron chi connectivity index (χ1n) is 10.8. The van der Waals surface area contributed by atoms with E-state index in [4.69, 9.17) is 9.47 Å². The molecule has 0 heterocycles. The number of ether oxygens (including phenoxy) is 2. The zero-order chi connectivity index (χ0) is 22.2. The Morgan fingerprint density at radius 2 is 1.44 bits per heavy atom. The van der Waals surface area contributed by atoms with E-state index in [0.29, 0.717) is 13.2 Å². The number of hydrogen-bond donors (Lipinski definition) is 0. The Morgan fingerprint density at radius 3 is 2.19 bits per heavy atom. The van der Waals surface area contributed by atoms with Crippen molar-refractivity contribution in [2.75, 3.05) is 6.61 Å². The van der Waals surface area contributed by atoms with Crippen molar-refractivity contribution in [2.24, 2.45) is 0 Å². The molecule has 4 aromatic carbocycles. The van der Waals surface area contributed by atoms with Gasteiger partial charge in [-0.3, -0.25) is 4.79 Å². The summed E-state index contributed by atoms with van der Waals surface area (Å²) >= 11 is 0. The first-order chi connectivity index (χ1) is 15.7. The molecule has 160 valence electrons. The fraction of sp³-hybridized carbons (Fsp3) is 0.138. The molecule has 0 saturated heterocycles. The Labute approximate surface area is 189 Å². The third kappa shape index (κ3) is 5.44. The molecule has 0 aliphatic rings. The molecule has 4 rings (SSSR count). The van der Waals surface area contributed by atoms with E-state index in [1.807, 2.05) is 79.7 Å². The summed E-state index contributed by atoms with van der Waals surface area (Å²) < 4.78 is 11.2. The van der Waals surface area contributed by atoms with Gasteiger partial charge in [0.25, 0.3) is 0 Å². The predicted molar refractivity (Wildman–Crippen MR) is 128 cm³/mol. The number of hydrogen-bond acceptors (Lipinski definition) is 3. The number of benzene rings is 4. The Morgan fingerprint density at radius 1 is 0.719 bits per heavy atom. The molecule has 0 aliphatic carbocycles. The summed E-state index contributed by atoms with van der Waals surface area (Å²) in [5.41, 5.74) is 6.25. The monoisotopic (exact) mass is 422 g/mol. The molecule has 0 radical (unpaired) electrons. The molecule has 0 aliphatic heterocycles. The maximum absolute atomic E-state index is 12.3. The second-order valence-corrected chi connectivity index (χ2v) is 7.52. The van der Waals surface area contributed by atoms with Gasteiger partial charge in [0.1, 0.15) is 12.4 Å². The number of rotatable bonds is 8. The largest absolute Gasteiger partial charge is 0.489 e. The third-order valence-electron chi connectivity index (χ3n) is 5.25. The average molecular weight is 423 g/mol. The lowest BCUT2D eigenvalue weighted by atomic mass is 9.93. The summed E-state index contributed by atoms with van der Waals surface area (Å²) in [5.74, 6) is 0.566. The van der Waals surface area contributed by atoms with Crippen LogP contribution >= 0.6 is 0 Å². The Balaban J connectivity index is 1.64. The quantitative estimate of drug-likeness (QED) is 0.296. The van der Waals surface area contributed by atoms with Crippen LogP contribution in [0.2, 0.25) is 0 Å². The highest BCUT2D eigenvalue weighted by molar-refractivity contribution is 5.81. The lowest BCUT2D eigenvalue weighted by Crippen LogP contribution is -2.08. The van der Waals surface area contributed by atoms with E-state index in [-0.39, 0.29) is 12.4 Å². The van der Waals surface area contributed by atoms with Crippen molar-refractivity contribution in [3.8, 4) is 28.0 Å². The molecule has 3 heteroatoms. The molecule has 0 N–H and O–H groups in total. The molecule has 0 atom stereocenters. The lowest BCUT2D eigenvalue weighted by molar-refractivity contribution is -0.142. The van der Waals surface area contributed by atoms with Crippen LogP contribution in [0.4, 0.5) is 0 Å². The highest BCUT2D eigenvalue weighted by Crippen LogP contribution is 2.31. The standard InChI is InChI=1S/C29H26O3/c1-2-31-29(30)20-26-18-24(23-12-7-4-8-13-23)16-17-28(26)25-14-9-15-27(19-25)32-21-22-10-5-3-6-11-22/h3-19H,2,20-21H2,1H3. The molecule has 3 nitrogen and oxygen atoms in total. The van der Waals surface area contributed by atoms with Crippen LogP contribution in [-0.4, -0.2) is 12.6 Å². The zero-order valence-electron chi connectivity index (χ0n) is 18.2. The maximum atomic E-state index is 12.3. The van der Waals surface area contributed by atoms with Crippen molar-refractivity contribution in [1.82, 2.24) is 0 Å². The van der Waals surface area contributed by atoms with Gasteiger partial charge in [0, 0.05) is 0 Å². The first kappa shape index (κ1) is 21.4. The van der Waals surface area contributed by atoms with E-state index < -0.39 is 0 Å². The zero-order valence-corrected chi connectivity index (χ0v) is 18.2. The highest BCUT2D eigenvalue weighted by Gasteiger charge is 2.13. The van der Waals surface area contributed by atoms with Crippen LogP contribution < -0.4 is 4.74 Å². The number of esters is 1. The van der Waals surface area contributed by atoms with Crippen molar-refractivity contribution in [3.05, 3.63) is 114 Å². The van der Waals surface area contributed by atoms with Crippen LogP contribution in [-0.2, 0) is 22.6 Å². The predicted octanol–water partition coefficient (Wildman–Crippen LogP) is 6.71. The average Bonchev–Trinajstić information content (AvgIpc) is 2.84. The van der Waals surface area contributed by atoms with Gasteiger partial charge in [-0.2, -0.15) is 0 Å². The topological polar surface area (TPSA) is 35.5 Å². The summed E-state index contributed by atoms with van der Waals surface area (Å²) in [5, 5.41) is 0. The van der Waals surface area contributed by atoms with Gasteiger partial charge < -0.3 is 9.47 Å². The second-order valence-electron chi connectivity index (χ2n) is 7.52. The van der Waals surface area contributed by atoms with E-state index in [1.165, 1.54) is 0 Å². The fourth-order valence-electron chi connectivity index (χ4n) is 3.69. The van der Waals surface area contributed by atoms with Gasteiger partial charge >= 0.3 is 5.97 Å². The number of carbonyl (C=O) groups excluding carboxylic acids is 1. The van der Waals surface area contributed by atoms with Gasteiger partial charge in [0.15, 0.2) is 0 Å². The van der Waals surface area contributed by atoms with Crippen LogP contribution in [0.3, 0.4) is 0 Å². The van der Waals surface area contributed by atoms with E-state index in [9.17, 15) is 4.79 Å². The van der Waals surface area contributed by atoms with Crippen molar-refractivity contribution in [3.63, 3.8) is 0 Å². The van der Waals surface area contributed by atoms with Crippen LogP contribution in [0.5, 0.6) is 5.75 Å². The molecule has 0 unspecified atom stereocenters. The summed E-state index contributed by atoms with van der Waals surface area (Å²) in [7, 11) is 0. The van der Waals surface area contributed by atoms with Gasteiger partial charge in [-0.15, -0.1) is 0 Å². The Hall–Kier alpha value is -3.85. The highest BCUT2D eigenvalue weighted by atomic mass is 16.5. The minimum Gasteiger partial charge on any atom is -0.489 e. The number of carbonyl (C=O) groups is 1.